The molecule has 0 bridgehead atoms. The molecule has 0 aliphatic carbocycles. The number of carbonyl (C=O) groups excluding carboxylic acids is 1. The number of amides is 1. The Kier molecular flexibility index (Phi) is 3.91. The van der Waals surface area contributed by atoms with Gasteiger partial charge in [0.25, 0.3) is 5.91 Å². The molecular weight excluding hydrogens is 280 g/mol. The molecule has 1 fully saturated rings. The highest BCUT2D eigenvalue weighted by atomic mass is 16.5. The van der Waals surface area contributed by atoms with Gasteiger partial charge in [-0.05, 0) is 31.1 Å². The summed E-state index contributed by atoms with van der Waals surface area (Å²) in [5, 5.41) is 4.34. The fourth-order valence-corrected chi connectivity index (χ4v) is 2.56. The number of hydrogen-bond acceptors (Lipinski definition) is 4. The minimum Gasteiger partial charge on any atom is -0.493 e. The van der Waals surface area contributed by atoms with Crippen LogP contribution in [-0.4, -0.2) is 45.6 Å². The predicted octanol–water partition coefficient (Wildman–Crippen LogP) is 2.14. The molecule has 3 rings (SSSR count). The minimum absolute atomic E-state index is 0.0538. The van der Waals surface area contributed by atoms with Gasteiger partial charge >= 0.3 is 0 Å². The molecule has 6 heteroatoms. The van der Waals surface area contributed by atoms with Gasteiger partial charge < -0.3 is 9.64 Å². The monoisotopic (exact) mass is 298 g/mol. The molecule has 2 aromatic heterocycles. The number of carbonyl (C=O) groups is 1. The molecule has 114 valence electrons. The first-order chi connectivity index (χ1) is 10.7. The van der Waals surface area contributed by atoms with Crippen LogP contribution in [0.15, 0.2) is 37.1 Å². The lowest BCUT2D eigenvalue weighted by molar-refractivity contribution is 0.0793. The molecule has 0 spiro atoms. The van der Waals surface area contributed by atoms with E-state index in [0.717, 1.165) is 25.9 Å². The highest BCUT2D eigenvalue weighted by molar-refractivity contribution is 5.95. The zero-order valence-electron chi connectivity index (χ0n) is 12.5. The Morgan fingerprint density at radius 1 is 1.41 bits per heavy atom. The second-order valence-corrected chi connectivity index (χ2v) is 5.12. The van der Waals surface area contributed by atoms with E-state index in [1.807, 2.05) is 4.90 Å². The van der Waals surface area contributed by atoms with Gasteiger partial charge in [-0.1, -0.05) is 12.7 Å². The second-order valence-electron chi connectivity index (χ2n) is 5.12. The molecule has 22 heavy (non-hydrogen) atoms. The molecule has 3 heterocycles. The number of ether oxygens (including phenoxy) is 1. The van der Waals surface area contributed by atoms with E-state index < -0.39 is 0 Å². The molecule has 1 saturated heterocycles. The number of hydrogen-bond donors (Lipinski definition) is 0. The van der Waals surface area contributed by atoms with Crippen LogP contribution in [0.1, 0.15) is 29.0 Å². The van der Waals surface area contributed by atoms with Crippen LogP contribution >= 0.6 is 0 Å². The average Bonchev–Trinajstić information content (AvgIpc) is 3.20. The lowest BCUT2D eigenvalue weighted by Gasteiger charge is -2.14. The summed E-state index contributed by atoms with van der Waals surface area (Å²) >= 11 is 0. The first-order valence-electron chi connectivity index (χ1n) is 7.25. The summed E-state index contributed by atoms with van der Waals surface area (Å²) in [6, 6.07) is 3.54. The summed E-state index contributed by atoms with van der Waals surface area (Å²) in [6.45, 7) is 5.30. The Labute approximate surface area is 128 Å². The maximum absolute atomic E-state index is 12.4. The van der Waals surface area contributed by atoms with Crippen LogP contribution in [0.25, 0.3) is 11.4 Å². The predicted molar refractivity (Wildman–Crippen MR) is 83.3 cm³/mol. The number of likely N-dealkylation sites (tertiary alicyclic amines) is 1. The Bertz CT molecular complexity index is 742. The van der Waals surface area contributed by atoms with E-state index in [2.05, 4.69) is 16.7 Å². The first-order valence-corrected chi connectivity index (χ1v) is 7.25. The maximum Gasteiger partial charge on any atom is 0.254 e. The van der Waals surface area contributed by atoms with Crippen LogP contribution in [0.4, 0.5) is 0 Å². The number of methoxy groups -OCH3 is 1. The van der Waals surface area contributed by atoms with Crippen molar-refractivity contribution in [2.24, 2.45) is 0 Å². The van der Waals surface area contributed by atoms with Gasteiger partial charge in [0.05, 0.1) is 7.11 Å². The van der Waals surface area contributed by atoms with E-state index in [-0.39, 0.29) is 5.91 Å². The number of aromatic nitrogens is 3. The summed E-state index contributed by atoms with van der Waals surface area (Å²) in [5.74, 6) is 1.05. The molecule has 0 atom stereocenters. The Hall–Kier alpha value is -2.63. The fraction of sp³-hybridized carbons (Fsp3) is 0.312. The topological polar surface area (TPSA) is 59.7 Å². The quantitative estimate of drug-likeness (QED) is 0.641. The molecule has 0 N–H and O–H groups in total. The first kappa shape index (κ1) is 14.3. The van der Waals surface area contributed by atoms with Crippen molar-refractivity contribution < 1.29 is 9.53 Å². The van der Waals surface area contributed by atoms with Crippen molar-refractivity contribution in [1.82, 2.24) is 19.5 Å². The SMILES string of the molecule is C=C/C=C(\OC)c1nc2cc(C(=O)N3CCCC3)ccn2n1. The summed E-state index contributed by atoms with van der Waals surface area (Å²) in [6.07, 6.45) is 7.22. The van der Waals surface area contributed by atoms with E-state index in [0.29, 0.717) is 22.8 Å². The Morgan fingerprint density at radius 2 is 2.18 bits per heavy atom. The third-order valence-electron chi connectivity index (χ3n) is 3.69. The van der Waals surface area contributed by atoms with Crippen molar-refractivity contribution in [2.75, 3.05) is 20.2 Å². The van der Waals surface area contributed by atoms with Gasteiger partial charge in [-0.25, -0.2) is 9.50 Å². The van der Waals surface area contributed by atoms with E-state index in [1.54, 1.807) is 42.1 Å². The van der Waals surface area contributed by atoms with Crippen LogP contribution in [0, 0.1) is 0 Å². The fourth-order valence-electron chi connectivity index (χ4n) is 2.56. The van der Waals surface area contributed by atoms with Crippen LogP contribution in [-0.2, 0) is 4.74 Å². The number of nitrogens with zero attached hydrogens (tertiary/aromatic N) is 4. The van der Waals surface area contributed by atoms with Gasteiger partial charge in [0, 0.05) is 24.8 Å². The second kappa shape index (κ2) is 6.01. The van der Waals surface area contributed by atoms with Crippen molar-refractivity contribution in [3.05, 3.63) is 48.4 Å². The number of pyridine rings is 1. The van der Waals surface area contributed by atoms with E-state index in [9.17, 15) is 4.79 Å². The van der Waals surface area contributed by atoms with Crippen LogP contribution in [0.2, 0.25) is 0 Å². The largest absolute Gasteiger partial charge is 0.493 e. The number of fused-ring (bicyclic) bond motifs is 1. The van der Waals surface area contributed by atoms with Crippen LogP contribution in [0.5, 0.6) is 0 Å². The lowest BCUT2D eigenvalue weighted by atomic mass is 10.2. The van der Waals surface area contributed by atoms with Gasteiger partial charge in [0.1, 0.15) is 0 Å². The van der Waals surface area contributed by atoms with Gasteiger partial charge in [0.15, 0.2) is 11.4 Å². The zero-order valence-corrected chi connectivity index (χ0v) is 12.5. The number of allylic oxidation sites excluding steroid dienone is 2. The van der Waals surface area contributed by atoms with Gasteiger partial charge in [-0.15, -0.1) is 5.10 Å². The minimum atomic E-state index is 0.0538. The standard InChI is InChI=1S/C16H18N4O2/c1-3-6-13(22-2)15-17-14-11-12(7-10-20(14)18-15)16(21)19-8-4-5-9-19/h3,6-7,10-11H,1,4-5,8-9H2,2H3/b13-6-. The molecule has 0 aromatic carbocycles. The summed E-state index contributed by atoms with van der Waals surface area (Å²) in [4.78, 5) is 18.7. The normalized spacial score (nSPS) is 15.3. The van der Waals surface area contributed by atoms with E-state index in [4.69, 9.17) is 4.74 Å². The van der Waals surface area contributed by atoms with Crippen LogP contribution < -0.4 is 0 Å². The summed E-state index contributed by atoms with van der Waals surface area (Å²) in [5.41, 5.74) is 1.26. The summed E-state index contributed by atoms with van der Waals surface area (Å²) < 4.78 is 6.87. The molecule has 0 unspecified atom stereocenters. The third kappa shape index (κ3) is 2.59. The molecule has 0 saturated carbocycles. The van der Waals surface area contributed by atoms with Gasteiger partial charge in [-0.3, -0.25) is 4.79 Å². The third-order valence-corrected chi connectivity index (χ3v) is 3.69. The molecule has 2 aromatic rings. The Morgan fingerprint density at radius 3 is 2.86 bits per heavy atom. The summed E-state index contributed by atoms with van der Waals surface area (Å²) in [7, 11) is 1.56. The average molecular weight is 298 g/mol. The van der Waals surface area contributed by atoms with Crippen molar-refractivity contribution >= 4 is 17.3 Å². The Balaban J connectivity index is 1.94. The van der Waals surface area contributed by atoms with Crippen LogP contribution in [0.3, 0.4) is 0 Å². The highest BCUT2D eigenvalue weighted by Crippen LogP contribution is 2.16. The molecule has 1 amide bonds. The van der Waals surface area contributed by atoms with Gasteiger partial charge in [0.2, 0.25) is 5.82 Å². The molecule has 0 radical (unpaired) electrons. The van der Waals surface area contributed by atoms with Crippen molar-refractivity contribution in [2.45, 2.75) is 12.8 Å². The molecule has 6 nitrogen and oxygen atoms in total. The van der Waals surface area contributed by atoms with Crippen molar-refractivity contribution in [3.63, 3.8) is 0 Å². The molecule has 1 aliphatic heterocycles. The van der Waals surface area contributed by atoms with Crippen molar-refractivity contribution in [3.8, 4) is 0 Å². The molecular formula is C16H18N4O2. The zero-order chi connectivity index (χ0) is 15.5. The maximum atomic E-state index is 12.4. The lowest BCUT2D eigenvalue weighted by Crippen LogP contribution is -2.27. The number of rotatable bonds is 4. The van der Waals surface area contributed by atoms with Gasteiger partial charge in [-0.2, -0.15) is 0 Å². The highest BCUT2D eigenvalue weighted by Gasteiger charge is 2.20. The molecule has 1 aliphatic rings. The van der Waals surface area contributed by atoms with E-state index >= 15 is 0 Å². The van der Waals surface area contributed by atoms with Crippen molar-refractivity contribution in [1.29, 1.82) is 0 Å². The van der Waals surface area contributed by atoms with E-state index in [1.165, 1.54) is 0 Å². The smallest absolute Gasteiger partial charge is 0.254 e.